The van der Waals surface area contributed by atoms with Gasteiger partial charge in [-0.3, -0.25) is 4.79 Å². The van der Waals surface area contributed by atoms with Crippen molar-refractivity contribution in [2.45, 2.75) is 25.9 Å². The molecule has 2 aromatic carbocycles. The quantitative estimate of drug-likeness (QED) is 0.800. The van der Waals surface area contributed by atoms with Gasteiger partial charge in [-0.05, 0) is 47.4 Å². The van der Waals surface area contributed by atoms with Gasteiger partial charge in [0.25, 0.3) is 0 Å². The van der Waals surface area contributed by atoms with Gasteiger partial charge < -0.3 is 15.2 Å². The molecular formula is C19H20FNO4. The lowest BCUT2D eigenvalue weighted by molar-refractivity contribution is -0.116. The van der Waals surface area contributed by atoms with E-state index in [-0.39, 0.29) is 36.2 Å². The van der Waals surface area contributed by atoms with Gasteiger partial charge in [-0.25, -0.2) is 9.18 Å². The second-order valence-corrected chi connectivity index (χ2v) is 5.87. The summed E-state index contributed by atoms with van der Waals surface area (Å²) >= 11 is 0. The molecule has 25 heavy (non-hydrogen) atoms. The Balaban J connectivity index is 2.10. The third-order valence-corrected chi connectivity index (χ3v) is 3.74. The Morgan fingerprint density at radius 2 is 2.00 bits per heavy atom. The topological polar surface area (TPSA) is 75.6 Å². The number of benzene rings is 2. The summed E-state index contributed by atoms with van der Waals surface area (Å²) in [6.07, 6.45) is 0.153. The van der Waals surface area contributed by atoms with Crippen LogP contribution < -0.4 is 5.32 Å². The van der Waals surface area contributed by atoms with Crippen molar-refractivity contribution in [3.63, 3.8) is 0 Å². The van der Waals surface area contributed by atoms with Gasteiger partial charge in [-0.2, -0.15) is 0 Å². The van der Waals surface area contributed by atoms with Crippen LogP contribution in [0, 0.1) is 5.82 Å². The number of hydrogen-bond donors (Lipinski definition) is 2. The SMILES string of the molecule is COCc1cc(NC(=O)CC(C)c2cccc(F)c2)cc(C(=O)O)c1. The monoisotopic (exact) mass is 345 g/mol. The molecule has 0 saturated carbocycles. The van der Waals surface area contributed by atoms with Gasteiger partial charge in [0.15, 0.2) is 0 Å². The number of halogens is 1. The number of ether oxygens (including phenoxy) is 1. The van der Waals surface area contributed by atoms with Gasteiger partial charge in [-0.1, -0.05) is 19.1 Å². The van der Waals surface area contributed by atoms with E-state index in [4.69, 9.17) is 9.84 Å². The third-order valence-electron chi connectivity index (χ3n) is 3.74. The molecule has 0 aliphatic rings. The summed E-state index contributed by atoms with van der Waals surface area (Å²) in [5, 5.41) is 11.9. The lowest BCUT2D eigenvalue weighted by Gasteiger charge is -2.13. The maximum Gasteiger partial charge on any atom is 0.335 e. The van der Waals surface area contributed by atoms with Crippen LogP contribution in [0.1, 0.15) is 40.7 Å². The first-order chi connectivity index (χ1) is 11.9. The maximum absolute atomic E-state index is 13.3. The van der Waals surface area contributed by atoms with E-state index in [2.05, 4.69) is 5.32 Å². The molecule has 2 N–H and O–H groups in total. The Morgan fingerprint density at radius 1 is 1.24 bits per heavy atom. The molecule has 0 radical (unpaired) electrons. The first-order valence-electron chi connectivity index (χ1n) is 7.80. The first-order valence-corrected chi connectivity index (χ1v) is 7.80. The minimum absolute atomic E-state index is 0.0722. The number of carboxylic acids is 1. The van der Waals surface area contributed by atoms with Crippen LogP contribution in [0.3, 0.4) is 0 Å². The average Bonchev–Trinajstić information content (AvgIpc) is 2.54. The molecular weight excluding hydrogens is 325 g/mol. The first kappa shape index (κ1) is 18.6. The van der Waals surface area contributed by atoms with Crippen molar-refractivity contribution in [2.75, 3.05) is 12.4 Å². The molecule has 0 aliphatic heterocycles. The standard InChI is InChI=1S/C19H20FNO4/c1-12(14-4-3-5-16(20)9-14)6-18(22)21-17-8-13(11-25-2)7-15(10-17)19(23)24/h3-5,7-10,12H,6,11H2,1-2H3,(H,21,22)(H,23,24). The Kier molecular flexibility index (Phi) is 6.25. The van der Waals surface area contributed by atoms with Crippen LogP contribution in [0.4, 0.5) is 10.1 Å². The lowest BCUT2D eigenvalue weighted by atomic mass is 9.97. The van der Waals surface area contributed by atoms with Crippen molar-refractivity contribution in [2.24, 2.45) is 0 Å². The van der Waals surface area contributed by atoms with Gasteiger partial charge in [0.05, 0.1) is 12.2 Å². The van der Waals surface area contributed by atoms with Gasteiger partial charge in [-0.15, -0.1) is 0 Å². The van der Waals surface area contributed by atoms with E-state index in [1.807, 2.05) is 6.92 Å². The number of amides is 1. The fraction of sp³-hybridized carbons (Fsp3) is 0.263. The number of hydrogen-bond acceptors (Lipinski definition) is 3. The number of anilines is 1. The van der Waals surface area contributed by atoms with E-state index < -0.39 is 5.97 Å². The number of carbonyl (C=O) groups is 2. The summed E-state index contributed by atoms with van der Waals surface area (Å²) in [7, 11) is 1.51. The van der Waals surface area contributed by atoms with Crippen LogP contribution >= 0.6 is 0 Å². The zero-order valence-corrected chi connectivity index (χ0v) is 14.1. The maximum atomic E-state index is 13.3. The molecule has 2 aromatic rings. The summed E-state index contributed by atoms with van der Waals surface area (Å²) in [5.74, 6) is -1.87. The predicted octanol–water partition coefficient (Wildman–Crippen LogP) is 3.80. The fourth-order valence-corrected chi connectivity index (χ4v) is 2.56. The van der Waals surface area contributed by atoms with Crippen molar-refractivity contribution < 1.29 is 23.8 Å². The highest BCUT2D eigenvalue weighted by atomic mass is 19.1. The predicted molar refractivity (Wildman–Crippen MR) is 92.2 cm³/mol. The lowest BCUT2D eigenvalue weighted by Crippen LogP contribution is -2.15. The van der Waals surface area contributed by atoms with Crippen molar-refractivity contribution >= 4 is 17.6 Å². The number of carbonyl (C=O) groups excluding carboxylic acids is 1. The van der Waals surface area contributed by atoms with E-state index in [9.17, 15) is 14.0 Å². The van der Waals surface area contributed by atoms with Crippen LogP contribution in [0.15, 0.2) is 42.5 Å². The summed E-state index contributed by atoms with van der Waals surface area (Å²) in [5.41, 5.74) is 1.84. The highest BCUT2D eigenvalue weighted by Crippen LogP contribution is 2.22. The molecule has 0 spiro atoms. The van der Waals surface area contributed by atoms with Gasteiger partial charge in [0, 0.05) is 19.2 Å². The van der Waals surface area contributed by atoms with Gasteiger partial charge in [0.1, 0.15) is 5.82 Å². The Morgan fingerprint density at radius 3 is 2.64 bits per heavy atom. The fourth-order valence-electron chi connectivity index (χ4n) is 2.56. The number of nitrogens with one attached hydrogen (secondary N) is 1. The summed E-state index contributed by atoms with van der Waals surface area (Å²) in [6, 6.07) is 10.7. The largest absolute Gasteiger partial charge is 0.478 e. The molecule has 6 heteroatoms. The van der Waals surface area contributed by atoms with Crippen molar-refractivity contribution in [1.82, 2.24) is 0 Å². The van der Waals surface area contributed by atoms with Crippen LogP contribution in [0.25, 0.3) is 0 Å². The molecule has 1 amide bonds. The van der Waals surface area contributed by atoms with E-state index >= 15 is 0 Å². The van der Waals surface area contributed by atoms with Gasteiger partial charge >= 0.3 is 5.97 Å². The molecule has 0 bridgehead atoms. The molecule has 0 aromatic heterocycles. The number of methoxy groups -OCH3 is 1. The minimum Gasteiger partial charge on any atom is -0.478 e. The highest BCUT2D eigenvalue weighted by Gasteiger charge is 2.14. The van der Waals surface area contributed by atoms with Crippen molar-refractivity contribution in [1.29, 1.82) is 0 Å². The molecule has 2 rings (SSSR count). The Bertz CT molecular complexity index is 776. The van der Waals surface area contributed by atoms with Crippen LogP contribution in [-0.2, 0) is 16.1 Å². The number of rotatable bonds is 7. The van der Waals surface area contributed by atoms with E-state index in [1.165, 1.54) is 31.4 Å². The molecule has 5 nitrogen and oxygen atoms in total. The summed E-state index contributed by atoms with van der Waals surface area (Å²) in [6.45, 7) is 2.07. The van der Waals surface area contributed by atoms with E-state index in [0.29, 0.717) is 11.3 Å². The minimum atomic E-state index is -1.08. The molecule has 0 fully saturated rings. The molecule has 0 saturated heterocycles. The summed E-state index contributed by atoms with van der Waals surface area (Å²) in [4.78, 5) is 23.4. The number of aromatic carboxylic acids is 1. The Labute approximate surface area is 145 Å². The van der Waals surface area contributed by atoms with Crippen LogP contribution in [0.5, 0.6) is 0 Å². The molecule has 1 unspecified atom stereocenters. The summed E-state index contributed by atoms with van der Waals surface area (Å²) < 4.78 is 18.3. The zero-order chi connectivity index (χ0) is 18.4. The third kappa shape index (κ3) is 5.39. The van der Waals surface area contributed by atoms with Gasteiger partial charge in [0.2, 0.25) is 5.91 Å². The molecule has 0 aliphatic carbocycles. The Hall–Kier alpha value is -2.73. The highest BCUT2D eigenvalue weighted by molar-refractivity contribution is 5.94. The van der Waals surface area contributed by atoms with E-state index in [1.54, 1.807) is 18.2 Å². The number of carboxylic acid groups (broad SMARTS) is 1. The second-order valence-electron chi connectivity index (χ2n) is 5.87. The van der Waals surface area contributed by atoms with Crippen molar-refractivity contribution in [3.05, 3.63) is 65.0 Å². The normalized spacial score (nSPS) is 11.8. The second kappa shape index (κ2) is 8.39. The average molecular weight is 345 g/mol. The molecule has 0 heterocycles. The van der Waals surface area contributed by atoms with Crippen LogP contribution in [0.2, 0.25) is 0 Å². The smallest absolute Gasteiger partial charge is 0.335 e. The zero-order valence-electron chi connectivity index (χ0n) is 14.1. The van der Waals surface area contributed by atoms with Crippen LogP contribution in [-0.4, -0.2) is 24.1 Å². The van der Waals surface area contributed by atoms with Crippen molar-refractivity contribution in [3.8, 4) is 0 Å². The molecule has 1 atom stereocenters. The van der Waals surface area contributed by atoms with E-state index in [0.717, 1.165) is 5.56 Å². The molecule has 132 valence electrons.